The minimum atomic E-state index is -3.57. The first-order valence-corrected chi connectivity index (χ1v) is 9.33. The van der Waals surface area contributed by atoms with Gasteiger partial charge >= 0.3 is 0 Å². The standard InChI is InChI=1S/C17H21N3O3S/c1-13-6-7-16(14(2)9-13)20(24(3,22)23)12-17(21)19-11-15-5-4-8-18-10-15/h4-10H,11-12H2,1-3H3,(H,19,21). The number of sulfonamides is 1. The number of amides is 1. The highest BCUT2D eigenvalue weighted by atomic mass is 32.2. The van der Waals surface area contributed by atoms with Crippen LogP contribution in [0.1, 0.15) is 16.7 Å². The van der Waals surface area contributed by atoms with Crippen LogP contribution in [0.25, 0.3) is 0 Å². The lowest BCUT2D eigenvalue weighted by molar-refractivity contribution is -0.119. The van der Waals surface area contributed by atoms with Gasteiger partial charge in [-0.15, -0.1) is 0 Å². The van der Waals surface area contributed by atoms with E-state index in [-0.39, 0.29) is 12.5 Å². The first-order valence-electron chi connectivity index (χ1n) is 7.48. The summed E-state index contributed by atoms with van der Waals surface area (Å²) < 4.78 is 25.4. The van der Waals surface area contributed by atoms with Crippen molar-refractivity contribution in [2.24, 2.45) is 0 Å². The van der Waals surface area contributed by atoms with E-state index < -0.39 is 10.0 Å². The summed E-state index contributed by atoms with van der Waals surface area (Å²) in [5.41, 5.74) is 3.20. The number of benzene rings is 1. The topological polar surface area (TPSA) is 79.4 Å². The average molecular weight is 347 g/mol. The summed E-state index contributed by atoms with van der Waals surface area (Å²) in [6.45, 7) is 3.80. The van der Waals surface area contributed by atoms with Crippen LogP contribution in [0.2, 0.25) is 0 Å². The van der Waals surface area contributed by atoms with Crippen LogP contribution in [-0.2, 0) is 21.4 Å². The molecule has 7 heteroatoms. The Kier molecular flexibility index (Phi) is 5.56. The maximum absolute atomic E-state index is 12.2. The molecule has 0 aliphatic heterocycles. The van der Waals surface area contributed by atoms with Crippen LogP contribution in [0.5, 0.6) is 0 Å². The zero-order valence-corrected chi connectivity index (χ0v) is 14.8. The van der Waals surface area contributed by atoms with Crippen LogP contribution in [0, 0.1) is 13.8 Å². The van der Waals surface area contributed by atoms with Crippen molar-refractivity contribution in [3.05, 3.63) is 59.4 Å². The Hall–Kier alpha value is -2.41. The number of carbonyl (C=O) groups excluding carboxylic acids is 1. The molecule has 6 nitrogen and oxygen atoms in total. The van der Waals surface area contributed by atoms with Crippen molar-refractivity contribution in [3.63, 3.8) is 0 Å². The molecule has 0 unspecified atom stereocenters. The van der Waals surface area contributed by atoms with Crippen LogP contribution in [0.4, 0.5) is 5.69 Å². The van der Waals surface area contributed by atoms with E-state index in [0.29, 0.717) is 12.2 Å². The third-order valence-electron chi connectivity index (χ3n) is 3.52. The van der Waals surface area contributed by atoms with E-state index >= 15 is 0 Å². The van der Waals surface area contributed by atoms with Crippen LogP contribution in [-0.4, -0.2) is 32.1 Å². The summed E-state index contributed by atoms with van der Waals surface area (Å²) >= 11 is 0. The second-order valence-corrected chi connectivity index (χ2v) is 7.60. The molecule has 1 aromatic carbocycles. The highest BCUT2D eigenvalue weighted by molar-refractivity contribution is 7.92. The first-order chi connectivity index (χ1) is 11.3. The lowest BCUT2D eigenvalue weighted by Gasteiger charge is -2.24. The molecule has 1 aromatic heterocycles. The molecule has 0 saturated heterocycles. The van der Waals surface area contributed by atoms with Crippen molar-refractivity contribution in [1.29, 1.82) is 0 Å². The molecular formula is C17H21N3O3S. The number of aromatic nitrogens is 1. The first kappa shape index (κ1) is 17.9. The van der Waals surface area contributed by atoms with Crippen LogP contribution in [0.15, 0.2) is 42.7 Å². The monoisotopic (exact) mass is 347 g/mol. The van der Waals surface area contributed by atoms with Crippen molar-refractivity contribution in [3.8, 4) is 0 Å². The van der Waals surface area contributed by atoms with Gasteiger partial charge in [-0.1, -0.05) is 23.8 Å². The van der Waals surface area contributed by atoms with Gasteiger partial charge in [0.05, 0.1) is 11.9 Å². The van der Waals surface area contributed by atoms with Gasteiger partial charge in [-0.05, 0) is 37.1 Å². The Morgan fingerprint density at radius 3 is 2.58 bits per heavy atom. The predicted octanol–water partition coefficient (Wildman–Crippen LogP) is 1.78. The van der Waals surface area contributed by atoms with Gasteiger partial charge in [0.2, 0.25) is 15.9 Å². The summed E-state index contributed by atoms with van der Waals surface area (Å²) in [5, 5.41) is 2.72. The second kappa shape index (κ2) is 7.44. The summed E-state index contributed by atoms with van der Waals surface area (Å²) in [5.74, 6) is -0.371. The molecule has 0 aliphatic rings. The van der Waals surface area contributed by atoms with Crippen LogP contribution < -0.4 is 9.62 Å². The summed E-state index contributed by atoms with van der Waals surface area (Å²) in [4.78, 5) is 16.2. The molecule has 0 aliphatic carbocycles. The smallest absolute Gasteiger partial charge is 0.241 e. The zero-order chi connectivity index (χ0) is 17.7. The molecule has 1 amide bonds. The minimum Gasteiger partial charge on any atom is -0.350 e. The normalized spacial score (nSPS) is 11.1. The number of hydrogen-bond donors (Lipinski definition) is 1. The molecular weight excluding hydrogens is 326 g/mol. The van der Waals surface area contributed by atoms with Gasteiger partial charge in [0.1, 0.15) is 6.54 Å². The van der Waals surface area contributed by atoms with Crippen molar-refractivity contribution >= 4 is 21.6 Å². The summed E-state index contributed by atoms with van der Waals surface area (Å²) in [6, 6.07) is 9.06. The van der Waals surface area contributed by atoms with Gasteiger partial charge in [-0.2, -0.15) is 0 Å². The van der Waals surface area contributed by atoms with E-state index in [9.17, 15) is 13.2 Å². The third kappa shape index (κ3) is 4.79. The van der Waals surface area contributed by atoms with Crippen molar-refractivity contribution in [2.45, 2.75) is 20.4 Å². The predicted molar refractivity (Wildman–Crippen MR) is 94.2 cm³/mol. The Morgan fingerprint density at radius 2 is 2.00 bits per heavy atom. The van der Waals surface area contributed by atoms with Gasteiger partial charge in [0, 0.05) is 18.9 Å². The zero-order valence-electron chi connectivity index (χ0n) is 14.0. The molecule has 24 heavy (non-hydrogen) atoms. The van der Waals surface area contributed by atoms with Gasteiger partial charge in [0.15, 0.2) is 0 Å². The number of carbonyl (C=O) groups is 1. The van der Waals surface area contributed by atoms with Gasteiger partial charge in [0.25, 0.3) is 0 Å². The van der Waals surface area contributed by atoms with E-state index in [1.54, 1.807) is 24.5 Å². The van der Waals surface area contributed by atoms with Gasteiger partial charge in [-0.3, -0.25) is 14.1 Å². The fraction of sp³-hybridized carbons (Fsp3) is 0.294. The van der Waals surface area contributed by atoms with E-state index in [1.165, 1.54) is 0 Å². The second-order valence-electron chi connectivity index (χ2n) is 5.70. The molecule has 0 fully saturated rings. The molecule has 128 valence electrons. The third-order valence-corrected chi connectivity index (χ3v) is 4.65. The van der Waals surface area contributed by atoms with E-state index in [4.69, 9.17) is 0 Å². The molecule has 0 bridgehead atoms. The largest absolute Gasteiger partial charge is 0.350 e. The Labute approximate surface area is 142 Å². The lowest BCUT2D eigenvalue weighted by atomic mass is 10.1. The number of anilines is 1. The van der Waals surface area contributed by atoms with E-state index in [2.05, 4.69) is 10.3 Å². The van der Waals surface area contributed by atoms with Gasteiger partial charge in [-0.25, -0.2) is 8.42 Å². The average Bonchev–Trinajstić information content (AvgIpc) is 2.51. The quantitative estimate of drug-likeness (QED) is 0.864. The molecule has 2 rings (SSSR count). The van der Waals surface area contributed by atoms with E-state index in [0.717, 1.165) is 27.3 Å². The minimum absolute atomic E-state index is 0.261. The Balaban J connectivity index is 2.13. The molecule has 0 radical (unpaired) electrons. The number of nitrogens with zero attached hydrogens (tertiary/aromatic N) is 2. The summed E-state index contributed by atoms with van der Waals surface area (Å²) in [7, 11) is -3.57. The number of nitrogens with one attached hydrogen (secondary N) is 1. The highest BCUT2D eigenvalue weighted by Gasteiger charge is 2.22. The number of rotatable bonds is 6. The van der Waals surface area contributed by atoms with Crippen molar-refractivity contribution < 1.29 is 13.2 Å². The maximum atomic E-state index is 12.2. The fourth-order valence-corrected chi connectivity index (χ4v) is 3.27. The lowest BCUT2D eigenvalue weighted by Crippen LogP contribution is -2.40. The number of pyridine rings is 1. The highest BCUT2D eigenvalue weighted by Crippen LogP contribution is 2.23. The fourth-order valence-electron chi connectivity index (χ4n) is 2.36. The molecule has 0 spiro atoms. The van der Waals surface area contributed by atoms with Crippen molar-refractivity contribution in [1.82, 2.24) is 10.3 Å². The molecule has 0 saturated carbocycles. The Bertz CT molecular complexity index is 820. The number of aryl methyl sites for hydroxylation is 2. The molecule has 1 heterocycles. The van der Waals surface area contributed by atoms with E-state index in [1.807, 2.05) is 32.0 Å². The van der Waals surface area contributed by atoms with Crippen molar-refractivity contribution in [2.75, 3.05) is 17.1 Å². The molecule has 0 atom stereocenters. The Morgan fingerprint density at radius 1 is 1.25 bits per heavy atom. The van der Waals surface area contributed by atoms with Crippen LogP contribution in [0.3, 0.4) is 0 Å². The van der Waals surface area contributed by atoms with Crippen LogP contribution >= 0.6 is 0 Å². The molecule has 1 N–H and O–H groups in total. The summed E-state index contributed by atoms with van der Waals surface area (Å²) in [6.07, 6.45) is 4.40. The molecule has 2 aromatic rings. The number of hydrogen-bond acceptors (Lipinski definition) is 4. The SMILES string of the molecule is Cc1ccc(N(CC(=O)NCc2cccnc2)S(C)(=O)=O)c(C)c1. The van der Waals surface area contributed by atoms with Gasteiger partial charge < -0.3 is 5.32 Å². The maximum Gasteiger partial charge on any atom is 0.241 e.